The van der Waals surface area contributed by atoms with Crippen molar-refractivity contribution in [1.29, 1.82) is 0 Å². The van der Waals surface area contributed by atoms with E-state index in [1.165, 1.54) is 32.1 Å². The zero-order valence-electron chi connectivity index (χ0n) is 15.5. The molecule has 1 saturated heterocycles. The predicted octanol–water partition coefficient (Wildman–Crippen LogP) is 0.570. The lowest BCUT2D eigenvalue weighted by molar-refractivity contribution is -0.434. The van der Waals surface area contributed by atoms with Crippen molar-refractivity contribution < 1.29 is 39.8 Å². The van der Waals surface area contributed by atoms with Crippen LogP contribution < -0.4 is 0 Å². The van der Waals surface area contributed by atoms with Crippen molar-refractivity contribution in [3.05, 3.63) is 0 Å². The van der Waals surface area contributed by atoms with Gasteiger partial charge in [0.25, 0.3) is 0 Å². The molecule has 1 heterocycles. The molecule has 26 heavy (non-hydrogen) atoms. The van der Waals surface area contributed by atoms with Gasteiger partial charge in [0.1, 0.15) is 18.3 Å². The second-order valence-corrected chi connectivity index (χ2v) is 6.95. The lowest BCUT2D eigenvalue weighted by Crippen LogP contribution is -2.66. The first-order chi connectivity index (χ1) is 12.4. The lowest BCUT2D eigenvalue weighted by atomic mass is 9.98. The van der Waals surface area contributed by atoms with Crippen molar-refractivity contribution in [2.45, 2.75) is 102 Å². The fourth-order valence-electron chi connectivity index (χ4n) is 3.00. The van der Waals surface area contributed by atoms with Crippen LogP contribution in [-0.2, 0) is 14.3 Å². The Hall–Kier alpha value is -0.770. The summed E-state index contributed by atoms with van der Waals surface area (Å²) >= 11 is 0. The Bertz CT molecular complexity index is 403. The van der Waals surface area contributed by atoms with Crippen LogP contribution in [0.4, 0.5) is 0 Å². The van der Waals surface area contributed by atoms with Gasteiger partial charge in [0, 0.05) is 6.42 Å². The van der Waals surface area contributed by atoms with Gasteiger partial charge in [0.2, 0.25) is 0 Å². The third-order valence-corrected chi connectivity index (χ3v) is 4.67. The first-order valence-corrected chi connectivity index (χ1v) is 9.62. The number of hydrogen-bond acceptors (Lipinski definition) is 8. The molecular formula is C18H34O8. The van der Waals surface area contributed by atoms with Gasteiger partial charge in [-0.3, -0.25) is 4.79 Å². The smallest absolute Gasteiger partial charge is 0.357 e. The Kier molecular flexibility index (Phi) is 10.6. The summed E-state index contributed by atoms with van der Waals surface area (Å²) in [4.78, 5) is 11.9. The highest BCUT2D eigenvalue weighted by atomic mass is 16.8. The van der Waals surface area contributed by atoms with Crippen LogP contribution in [0.15, 0.2) is 0 Å². The standard InChI is InChI=1S/C18H34O8/c1-2-3-4-5-6-7-8-9-10-11-14(20)26-18(24)17(23)16(22)15(21)13(12-19)25-18/h13,15-17,19,21-24H,2-12H2,1H3/t13-,15+,16+,17-,18+/m1/s1. The highest BCUT2D eigenvalue weighted by Gasteiger charge is 2.55. The van der Waals surface area contributed by atoms with Gasteiger partial charge in [-0.25, -0.2) is 0 Å². The van der Waals surface area contributed by atoms with Crippen LogP contribution in [0.3, 0.4) is 0 Å². The van der Waals surface area contributed by atoms with E-state index in [1.54, 1.807) is 0 Å². The van der Waals surface area contributed by atoms with Crippen LogP contribution >= 0.6 is 0 Å². The zero-order chi connectivity index (χ0) is 19.6. The molecule has 0 aliphatic carbocycles. The first-order valence-electron chi connectivity index (χ1n) is 9.62. The number of unbranched alkanes of at least 4 members (excludes halogenated alkanes) is 8. The topological polar surface area (TPSA) is 137 Å². The second kappa shape index (κ2) is 11.8. The molecule has 1 aliphatic heterocycles. The van der Waals surface area contributed by atoms with Crippen LogP contribution in [-0.4, -0.2) is 68.5 Å². The molecule has 0 spiro atoms. The normalized spacial score (nSPS) is 31.8. The summed E-state index contributed by atoms with van der Waals surface area (Å²) in [6.45, 7) is 1.46. The Labute approximate surface area is 154 Å². The van der Waals surface area contributed by atoms with Crippen LogP contribution in [0.5, 0.6) is 0 Å². The van der Waals surface area contributed by atoms with E-state index in [-0.39, 0.29) is 6.42 Å². The maximum atomic E-state index is 11.9. The average molecular weight is 378 g/mol. The summed E-state index contributed by atoms with van der Waals surface area (Å²) in [5.41, 5.74) is 0. The quantitative estimate of drug-likeness (QED) is 0.189. The number of ether oxygens (including phenoxy) is 2. The molecule has 0 aromatic carbocycles. The van der Waals surface area contributed by atoms with E-state index in [2.05, 4.69) is 6.92 Å². The highest BCUT2D eigenvalue weighted by Crippen LogP contribution is 2.29. The summed E-state index contributed by atoms with van der Waals surface area (Å²) in [5.74, 6) is -3.57. The summed E-state index contributed by atoms with van der Waals surface area (Å²) < 4.78 is 9.66. The third-order valence-electron chi connectivity index (χ3n) is 4.67. The molecule has 5 N–H and O–H groups in total. The third kappa shape index (κ3) is 7.09. The molecule has 0 saturated carbocycles. The fraction of sp³-hybridized carbons (Fsp3) is 0.944. The van der Waals surface area contributed by atoms with Crippen molar-refractivity contribution in [2.75, 3.05) is 6.61 Å². The molecule has 5 atom stereocenters. The van der Waals surface area contributed by atoms with Crippen LogP contribution in [0.2, 0.25) is 0 Å². The van der Waals surface area contributed by atoms with E-state index in [1.807, 2.05) is 0 Å². The van der Waals surface area contributed by atoms with Gasteiger partial charge >= 0.3 is 11.9 Å². The van der Waals surface area contributed by atoms with E-state index in [0.717, 1.165) is 19.3 Å². The molecule has 0 amide bonds. The Balaban J connectivity index is 2.27. The molecule has 0 bridgehead atoms. The van der Waals surface area contributed by atoms with Crippen molar-refractivity contribution in [2.24, 2.45) is 0 Å². The molecule has 154 valence electrons. The minimum Gasteiger partial charge on any atom is -0.406 e. The van der Waals surface area contributed by atoms with Gasteiger partial charge in [0.15, 0.2) is 6.10 Å². The first kappa shape index (κ1) is 23.3. The minimum atomic E-state index is -2.79. The Morgan fingerprint density at radius 1 is 0.962 bits per heavy atom. The highest BCUT2D eigenvalue weighted by molar-refractivity contribution is 5.69. The van der Waals surface area contributed by atoms with E-state index in [0.29, 0.717) is 6.42 Å². The molecule has 1 fully saturated rings. The molecule has 0 radical (unpaired) electrons. The maximum Gasteiger partial charge on any atom is 0.357 e. The maximum absolute atomic E-state index is 11.9. The van der Waals surface area contributed by atoms with Gasteiger partial charge in [-0.2, -0.15) is 0 Å². The molecule has 0 unspecified atom stereocenters. The number of rotatable bonds is 12. The molecule has 0 aromatic heterocycles. The minimum absolute atomic E-state index is 0.0384. The van der Waals surface area contributed by atoms with E-state index >= 15 is 0 Å². The van der Waals surface area contributed by atoms with Crippen molar-refractivity contribution >= 4 is 5.97 Å². The molecule has 1 aliphatic rings. The monoisotopic (exact) mass is 378 g/mol. The van der Waals surface area contributed by atoms with Gasteiger partial charge in [-0.1, -0.05) is 58.3 Å². The van der Waals surface area contributed by atoms with Gasteiger partial charge < -0.3 is 35.0 Å². The van der Waals surface area contributed by atoms with E-state index in [4.69, 9.17) is 14.6 Å². The predicted molar refractivity (Wildman–Crippen MR) is 92.9 cm³/mol. The van der Waals surface area contributed by atoms with Crippen molar-refractivity contribution in [1.82, 2.24) is 0 Å². The number of hydrogen-bond donors (Lipinski definition) is 5. The van der Waals surface area contributed by atoms with Gasteiger partial charge in [0.05, 0.1) is 6.61 Å². The molecule has 0 aromatic rings. The van der Waals surface area contributed by atoms with Gasteiger partial charge in [-0.15, -0.1) is 0 Å². The summed E-state index contributed by atoms with van der Waals surface area (Å²) in [7, 11) is 0. The number of carbonyl (C=O) groups is 1. The largest absolute Gasteiger partial charge is 0.406 e. The molecule has 8 heteroatoms. The van der Waals surface area contributed by atoms with E-state index < -0.39 is 43.0 Å². The summed E-state index contributed by atoms with van der Waals surface area (Å²) in [5, 5.41) is 48.4. The zero-order valence-corrected chi connectivity index (χ0v) is 15.5. The number of carbonyl (C=O) groups excluding carboxylic acids is 1. The SMILES string of the molecule is CCCCCCCCCCCC(=O)O[C@@]1(O)O[C@H](CO)[C@H](O)[C@H](O)[C@H]1O. The van der Waals surface area contributed by atoms with E-state index in [9.17, 15) is 25.2 Å². The number of esters is 1. The molecular weight excluding hydrogens is 344 g/mol. The number of aliphatic hydroxyl groups excluding tert-OH is 4. The fourth-order valence-corrected chi connectivity index (χ4v) is 3.00. The summed E-state index contributed by atoms with van der Waals surface area (Å²) in [6.07, 6.45) is 2.95. The second-order valence-electron chi connectivity index (χ2n) is 6.95. The van der Waals surface area contributed by atoms with Crippen molar-refractivity contribution in [3.63, 3.8) is 0 Å². The molecule has 8 nitrogen and oxygen atoms in total. The van der Waals surface area contributed by atoms with Crippen LogP contribution in [0.25, 0.3) is 0 Å². The van der Waals surface area contributed by atoms with Crippen LogP contribution in [0.1, 0.15) is 71.1 Å². The average Bonchev–Trinajstić information content (AvgIpc) is 2.62. The van der Waals surface area contributed by atoms with Crippen LogP contribution in [0, 0.1) is 0 Å². The summed E-state index contributed by atoms with van der Waals surface area (Å²) in [6, 6.07) is 0. The number of aliphatic hydroxyl groups is 5. The molecule has 1 rings (SSSR count). The van der Waals surface area contributed by atoms with Gasteiger partial charge in [-0.05, 0) is 6.42 Å². The van der Waals surface area contributed by atoms with Crippen molar-refractivity contribution in [3.8, 4) is 0 Å². The lowest BCUT2D eigenvalue weighted by Gasteiger charge is -2.43. The Morgan fingerprint density at radius 2 is 1.50 bits per heavy atom. The Morgan fingerprint density at radius 3 is 2.04 bits per heavy atom.